The third kappa shape index (κ3) is 2.98. The highest BCUT2D eigenvalue weighted by molar-refractivity contribution is 7.13. The Balaban J connectivity index is 1.56. The maximum Gasteiger partial charge on any atom is 0.326 e. The van der Waals surface area contributed by atoms with Crippen molar-refractivity contribution in [1.29, 1.82) is 0 Å². The number of nitrogens with zero attached hydrogens (tertiary/aromatic N) is 1. The predicted molar refractivity (Wildman–Crippen MR) is 79.7 cm³/mol. The summed E-state index contributed by atoms with van der Waals surface area (Å²) >= 11 is 1.34. The molecule has 6 nitrogen and oxygen atoms in total. The maximum atomic E-state index is 10.8. The van der Waals surface area contributed by atoms with Gasteiger partial charge in [0.1, 0.15) is 17.9 Å². The van der Waals surface area contributed by atoms with Crippen molar-refractivity contribution in [3.05, 3.63) is 40.9 Å². The van der Waals surface area contributed by atoms with Crippen LogP contribution in [0.25, 0.3) is 0 Å². The summed E-state index contributed by atoms with van der Waals surface area (Å²) in [5, 5.41) is 14.3. The number of carboxylic acids is 1. The number of nitrogens with two attached hydrogens (primary N) is 1. The van der Waals surface area contributed by atoms with Gasteiger partial charge in [-0.15, -0.1) is 11.3 Å². The molecule has 0 saturated carbocycles. The van der Waals surface area contributed by atoms with E-state index in [1.54, 1.807) is 5.38 Å². The number of carbonyl (C=O) groups is 1. The third-order valence-corrected chi connectivity index (χ3v) is 4.12. The normalized spacial score (nSPS) is 17.9. The van der Waals surface area contributed by atoms with Gasteiger partial charge in [-0.25, -0.2) is 4.98 Å². The highest BCUT2D eigenvalue weighted by Crippen LogP contribution is 2.28. The second-order valence-electron chi connectivity index (χ2n) is 4.83. The van der Waals surface area contributed by atoms with Crippen LogP contribution in [0.1, 0.15) is 17.3 Å². The van der Waals surface area contributed by atoms with E-state index < -0.39 is 12.0 Å². The number of fused-ring (bicyclic) bond motifs is 1. The van der Waals surface area contributed by atoms with E-state index in [2.05, 4.69) is 16.4 Å². The summed E-state index contributed by atoms with van der Waals surface area (Å²) in [6.07, 6.45) is 0.915. The van der Waals surface area contributed by atoms with Gasteiger partial charge in [0, 0.05) is 11.8 Å². The zero-order valence-corrected chi connectivity index (χ0v) is 12.0. The van der Waals surface area contributed by atoms with Crippen molar-refractivity contribution in [2.24, 2.45) is 5.73 Å². The van der Waals surface area contributed by atoms with Crippen LogP contribution in [-0.2, 0) is 11.2 Å². The fourth-order valence-electron chi connectivity index (χ4n) is 2.21. The molecule has 21 heavy (non-hydrogen) atoms. The molecule has 1 aliphatic heterocycles. The van der Waals surface area contributed by atoms with Crippen LogP contribution in [0.3, 0.4) is 0 Å². The molecule has 0 radical (unpaired) electrons. The number of anilines is 1. The second-order valence-corrected chi connectivity index (χ2v) is 5.68. The molecule has 0 fully saturated rings. The molecular formula is C14H15N3O3S. The number of nitrogens with one attached hydrogen (secondary N) is 1. The van der Waals surface area contributed by atoms with Crippen LogP contribution in [0.5, 0.6) is 5.75 Å². The van der Waals surface area contributed by atoms with Crippen molar-refractivity contribution >= 4 is 22.4 Å². The summed E-state index contributed by atoms with van der Waals surface area (Å²) in [5.41, 5.74) is 7.09. The molecule has 3 rings (SSSR count). The molecule has 2 heterocycles. The average Bonchev–Trinajstić information content (AvgIpc) is 3.10. The summed E-state index contributed by atoms with van der Waals surface area (Å²) in [6.45, 7) is 0.615. The Bertz CT molecular complexity index is 633. The molecule has 0 aliphatic carbocycles. The van der Waals surface area contributed by atoms with Crippen molar-refractivity contribution in [3.63, 3.8) is 0 Å². The van der Waals surface area contributed by atoms with Crippen LogP contribution >= 0.6 is 11.3 Å². The quantitative estimate of drug-likeness (QED) is 0.777. The molecule has 0 bridgehead atoms. The van der Waals surface area contributed by atoms with Crippen LogP contribution in [0.2, 0.25) is 0 Å². The van der Waals surface area contributed by atoms with Gasteiger partial charge in [0.25, 0.3) is 0 Å². The summed E-state index contributed by atoms with van der Waals surface area (Å²) in [5.74, 6) is -0.154. The number of hydrogen-bond acceptors (Lipinski definition) is 6. The third-order valence-electron chi connectivity index (χ3n) is 3.30. The number of carboxylic acid groups (broad SMARTS) is 1. The Morgan fingerprint density at radius 3 is 3.14 bits per heavy atom. The molecule has 1 aromatic carbocycles. The minimum atomic E-state index is -1.08. The van der Waals surface area contributed by atoms with Gasteiger partial charge in [-0.3, -0.25) is 4.79 Å². The number of thiazole rings is 1. The van der Waals surface area contributed by atoms with Crippen molar-refractivity contribution in [2.75, 3.05) is 11.9 Å². The van der Waals surface area contributed by atoms with Gasteiger partial charge in [-0.1, -0.05) is 18.2 Å². The second kappa shape index (κ2) is 5.71. The van der Waals surface area contributed by atoms with E-state index in [0.717, 1.165) is 12.2 Å². The zero-order chi connectivity index (χ0) is 14.8. The van der Waals surface area contributed by atoms with Crippen molar-refractivity contribution in [1.82, 2.24) is 4.98 Å². The molecule has 110 valence electrons. The number of para-hydroxylation sites is 1. The molecule has 1 aliphatic rings. The smallest absolute Gasteiger partial charge is 0.326 e. The molecule has 0 amide bonds. The Hall–Kier alpha value is -2.12. The topological polar surface area (TPSA) is 97.5 Å². The maximum absolute atomic E-state index is 10.8. The lowest BCUT2D eigenvalue weighted by Gasteiger charge is -2.10. The minimum absolute atomic E-state index is 0.0582. The summed E-state index contributed by atoms with van der Waals surface area (Å²) < 4.78 is 5.82. The Morgan fingerprint density at radius 2 is 2.38 bits per heavy atom. The standard InChI is InChI=1S/C14H15N3O3S/c15-12(13(18)19)10-7-21-14(17-10)16-6-9-5-8-3-1-2-4-11(8)20-9/h1-4,7,9,12H,5-6,15H2,(H,16,17)(H,18,19). The summed E-state index contributed by atoms with van der Waals surface area (Å²) in [6, 6.07) is 6.89. The number of aromatic nitrogens is 1. The number of benzene rings is 1. The van der Waals surface area contributed by atoms with Crippen LogP contribution in [0.15, 0.2) is 29.6 Å². The summed E-state index contributed by atoms with van der Waals surface area (Å²) in [7, 11) is 0. The first-order valence-corrected chi connectivity index (χ1v) is 7.43. The molecular weight excluding hydrogens is 290 g/mol. The van der Waals surface area contributed by atoms with Crippen LogP contribution in [-0.4, -0.2) is 28.7 Å². The first-order chi connectivity index (χ1) is 10.1. The number of ether oxygens (including phenoxy) is 1. The van der Waals surface area contributed by atoms with Crippen LogP contribution < -0.4 is 15.8 Å². The molecule has 0 saturated heterocycles. The van der Waals surface area contributed by atoms with E-state index in [-0.39, 0.29) is 6.10 Å². The Labute approximate surface area is 125 Å². The lowest BCUT2D eigenvalue weighted by Crippen LogP contribution is -2.24. The van der Waals surface area contributed by atoms with Crippen LogP contribution in [0, 0.1) is 0 Å². The Kier molecular flexibility index (Phi) is 3.76. The van der Waals surface area contributed by atoms with Crippen LogP contribution in [0.4, 0.5) is 5.13 Å². The van der Waals surface area contributed by atoms with Gasteiger partial charge in [0.05, 0.1) is 12.2 Å². The van der Waals surface area contributed by atoms with Gasteiger partial charge in [0.2, 0.25) is 0 Å². The first-order valence-electron chi connectivity index (χ1n) is 6.55. The van der Waals surface area contributed by atoms with E-state index in [4.69, 9.17) is 15.6 Å². The van der Waals surface area contributed by atoms with Gasteiger partial charge in [-0.2, -0.15) is 0 Å². The zero-order valence-electron chi connectivity index (χ0n) is 11.2. The van der Waals surface area contributed by atoms with E-state index in [9.17, 15) is 4.79 Å². The van der Waals surface area contributed by atoms with Gasteiger partial charge in [-0.05, 0) is 11.6 Å². The van der Waals surface area contributed by atoms with E-state index in [1.807, 2.05) is 18.2 Å². The fraction of sp³-hybridized carbons (Fsp3) is 0.286. The van der Waals surface area contributed by atoms with Crippen molar-refractivity contribution in [3.8, 4) is 5.75 Å². The lowest BCUT2D eigenvalue weighted by molar-refractivity contribution is -0.138. The predicted octanol–water partition coefficient (Wildman–Crippen LogP) is 1.64. The SMILES string of the molecule is NC(C(=O)O)c1csc(NCC2Cc3ccccc3O2)n1. The number of hydrogen-bond donors (Lipinski definition) is 3. The summed E-state index contributed by atoms with van der Waals surface area (Å²) in [4.78, 5) is 15.0. The highest BCUT2D eigenvalue weighted by atomic mass is 32.1. The molecule has 4 N–H and O–H groups in total. The van der Waals surface area contributed by atoms with E-state index in [1.165, 1.54) is 16.9 Å². The first kappa shape index (κ1) is 13.8. The Morgan fingerprint density at radius 1 is 1.57 bits per heavy atom. The van der Waals surface area contributed by atoms with Gasteiger partial charge in [0.15, 0.2) is 5.13 Å². The molecule has 0 spiro atoms. The van der Waals surface area contributed by atoms with Gasteiger partial charge >= 0.3 is 5.97 Å². The number of rotatable bonds is 5. The van der Waals surface area contributed by atoms with Crippen molar-refractivity contribution in [2.45, 2.75) is 18.6 Å². The highest BCUT2D eigenvalue weighted by Gasteiger charge is 2.23. The fourth-order valence-corrected chi connectivity index (χ4v) is 2.96. The lowest BCUT2D eigenvalue weighted by atomic mass is 10.1. The number of aliphatic carboxylic acids is 1. The van der Waals surface area contributed by atoms with Gasteiger partial charge < -0.3 is 20.9 Å². The molecule has 2 aromatic rings. The minimum Gasteiger partial charge on any atom is -0.488 e. The van der Waals surface area contributed by atoms with E-state index in [0.29, 0.717) is 17.4 Å². The average molecular weight is 305 g/mol. The molecule has 2 atom stereocenters. The molecule has 2 unspecified atom stereocenters. The van der Waals surface area contributed by atoms with E-state index >= 15 is 0 Å². The largest absolute Gasteiger partial charge is 0.488 e. The van der Waals surface area contributed by atoms with Crippen molar-refractivity contribution < 1.29 is 14.6 Å². The molecule has 1 aromatic heterocycles. The molecule has 7 heteroatoms. The monoisotopic (exact) mass is 305 g/mol.